The zero-order chi connectivity index (χ0) is 15.9. The van der Waals surface area contributed by atoms with Gasteiger partial charge in [-0.25, -0.2) is 15.3 Å². The van der Waals surface area contributed by atoms with E-state index in [0.29, 0.717) is 12.1 Å². The van der Waals surface area contributed by atoms with Crippen molar-refractivity contribution in [1.29, 1.82) is 0 Å². The van der Waals surface area contributed by atoms with Gasteiger partial charge in [-0.3, -0.25) is 15.0 Å². The zero-order valence-corrected chi connectivity index (χ0v) is 11.8. The van der Waals surface area contributed by atoms with Gasteiger partial charge >= 0.3 is 6.03 Å². The van der Waals surface area contributed by atoms with E-state index < -0.39 is 17.1 Å². The van der Waals surface area contributed by atoms with Gasteiger partial charge in [0.25, 0.3) is 5.69 Å². The number of hydrogen-bond acceptors (Lipinski definition) is 5. The molecule has 0 spiro atoms. The number of aromatic amines is 1. The van der Waals surface area contributed by atoms with Crippen LogP contribution in [0, 0.1) is 10.1 Å². The van der Waals surface area contributed by atoms with Crippen LogP contribution in [0.3, 0.4) is 0 Å². The Balaban J connectivity index is 1.95. The molecule has 3 N–H and O–H groups in total. The highest BCUT2D eigenvalue weighted by Gasteiger charge is 2.17. The minimum atomic E-state index is -0.705. The number of urea groups is 1. The molecule has 1 aromatic heterocycles. The lowest BCUT2D eigenvalue weighted by molar-refractivity contribution is -0.383. The molecule has 2 amide bonds. The van der Waals surface area contributed by atoms with E-state index in [1.165, 1.54) is 24.5 Å². The van der Waals surface area contributed by atoms with E-state index >= 15 is 0 Å². The van der Waals surface area contributed by atoms with E-state index in [2.05, 4.69) is 20.8 Å². The summed E-state index contributed by atoms with van der Waals surface area (Å²) in [5, 5.41) is 13.2. The van der Waals surface area contributed by atoms with Gasteiger partial charge in [-0.1, -0.05) is 19.1 Å². The maximum absolute atomic E-state index is 11.8. The molecule has 0 fully saturated rings. The summed E-state index contributed by atoms with van der Waals surface area (Å²) in [6.07, 6.45) is 3.35. The Kier molecular flexibility index (Phi) is 5.04. The molecule has 0 radical (unpaired) electrons. The number of imidazole rings is 1. The highest BCUT2D eigenvalue weighted by Crippen LogP contribution is 2.23. The van der Waals surface area contributed by atoms with Crippen molar-refractivity contribution in [2.75, 3.05) is 5.32 Å². The summed E-state index contributed by atoms with van der Waals surface area (Å²) in [5.74, 6) is 0. The predicted octanol–water partition coefficient (Wildman–Crippen LogP) is 2.52. The summed E-state index contributed by atoms with van der Waals surface area (Å²) >= 11 is 0. The normalized spacial score (nSPS) is 11.7. The highest BCUT2D eigenvalue weighted by molar-refractivity contribution is 5.91. The largest absolute Gasteiger partial charge is 0.351 e. The van der Waals surface area contributed by atoms with Crippen molar-refractivity contribution in [3.05, 3.63) is 52.6 Å². The molecule has 116 valence electrons. The van der Waals surface area contributed by atoms with E-state index in [1.54, 1.807) is 12.3 Å². The fraction of sp³-hybridized carbons (Fsp3) is 0.231. The van der Waals surface area contributed by atoms with Crippen molar-refractivity contribution in [2.24, 2.45) is 0 Å². The average molecular weight is 305 g/mol. The van der Waals surface area contributed by atoms with Gasteiger partial charge in [0.15, 0.2) is 0 Å². The Labute approximate surface area is 125 Å². The van der Waals surface area contributed by atoms with Gasteiger partial charge in [-0.05, 0) is 12.5 Å². The van der Waals surface area contributed by atoms with Crippen LogP contribution in [0.25, 0.3) is 0 Å². The van der Waals surface area contributed by atoms with Crippen LogP contribution in [-0.4, -0.2) is 20.9 Å². The fourth-order valence-electron chi connectivity index (χ4n) is 1.81. The molecule has 0 saturated carbocycles. The molecule has 0 bridgehead atoms. The quantitative estimate of drug-likeness (QED) is 0.559. The Morgan fingerprint density at radius 1 is 1.50 bits per heavy atom. The molecular formula is C13H15N5O4. The van der Waals surface area contributed by atoms with Crippen LogP contribution in [0.1, 0.15) is 25.1 Å². The SMILES string of the molecule is CCC(ONC(=O)Nc1ccccc1[N+](=O)[O-])c1c[nH]cn1. The van der Waals surface area contributed by atoms with Gasteiger partial charge < -0.3 is 10.3 Å². The van der Waals surface area contributed by atoms with Crippen molar-refractivity contribution >= 4 is 17.4 Å². The molecule has 1 atom stereocenters. The number of H-pyrrole nitrogens is 1. The number of carbonyl (C=O) groups is 1. The second kappa shape index (κ2) is 7.18. The molecule has 1 heterocycles. The molecule has 0 aliphatic carbocycles. The second-order valence-electron chi connectivity index (χ2n) is 4.34. The maximum atomic E-state index is 11.8. The number of para-hydroxylation sites is 2. The van der Waals surface area contributed by atoms with E-state index in [4.69, 9.17) is 4.84 Å². The standard InChI is InChI=1S/C13H15N5O4/c1-2-12(10-7-14-8-15-10)22-17-13(19)16-9-5-3-4-6-11(9)18(20)21/h3-8,12H,2H2,1H3,(H,14,15)(H2,16,17,19). The van der Waals surface area contributed by atoms with Gasteiger partial charge in [0.05, 0.1) is 16.9 Å². The third kappa shape index (κ3) is 3.79. The number of rotatable bonds is 6. The first-order valence-electron chi connectivity index (χ1n) is 6.56. The number of carbonyl (C=O) groups excluding carboxylic acids is 1. The maximum Gasteiger partial charge on any atom is 0.343 e. The first-order valence-corrected chi connectivity index (χ1v) is 6.56. The highest BCUT2D eigenvalue weighted by atomic mass is 16.7. The van der Waals surface area contributed by atoms with Gasteiger partial charge in [0.2, 0.25) is 0 Å². The number of amides is 2. The molecule has 0 saturated heterocycles. The number of nitro benzene ring substituents is 1. The smallest absolute Gasteiger partial charge is 0.343 e. The minimum Gasteiger partial charge on any atom is -0.351 e. The number of nitrogens with zero attached hydrogens (tertiary/aromatic N) is 2. The van der Waals surface area contributed by atoms with Crippen LogP contribution in [0.5, 0.6) is 0 Å². The summed E-state index contributed by atoms with van der Waals surface area (Å²) in [6, 6.07) is 5.13. The van der Waals surface area contributed by atoms with Gasteiger partial charge in [-0.15, -0.1) is 0 Å². The van der Waals surface area contributed by atoms with E-state index in [0.717, 1.165) is 0 Å². The zero-order valence-electron chi connectivity index (χ0n) is 11.8. The molecule has 0 aliphatic rings. The minimum absolute atomic E-state index is 0.0846. The molecule has 1 unspecified atom stereocenters. The topological polar surface area (TPSA) is 122 Å². The fourth-order valence-corrected chi connectivity index (χ4v) is 1.81. The third-order valence-corrected chi connectivity index (χ3v) is 2.86. The van der Waals surface area contributed by atoms with Gasteiger partial charge in [0.1, 0.15) is 11.8 Å². The number of benzene rings is 1. The van der Waals surface area contributed by atoms with Crippen molar-refractivity contribution in [2.45, 2.75) is 19.4 Å². The Morgan fingerprint density at radius 3 is 2.91 bits per heavy atom. The first kappa shape index (κ1) is 15.4. The molecule has 2 rings (SSSR count). The van der Waals surface area contributed by atoms with E-state index in [-0.39, 0.29) is 11.4 Å². The van der Waals surface area contributed by atoms with Crippen molar-refractivity contribution in [3.63, 3.8) is 0 Å². The van der Waals surface area contributed by atoms with Crippen LogP contribution < -0.4 is 10.8 Å². The van der Waals surface area contributed by atoms with Crippen LogP contribution in [0.2, 0.25) is 0 Å². The Bertz CT molecular complexity index is 644. The third-order valence-electron chi connectivity index (χ3n) is 2.86. The van der Waals surface area contributed by atoms with E-state index in [1.807, 2.05) is 6.92 Å². The van der Waals surface area contributed by atoms with E-state index in [9.17, 15) is 14.9 Å². The number of nitrogens with one attached hydrogen (secondary N) is 3. The molecule has 9 nitrogen and oxygen atoms in total. The lowest BCUT2D eigenvalue weighted by Gasteiger charge is -2.14. The molecule has 22 heavy (non-hydrogen) atoms. The van der Waals surface area contributed by atoms with Crippen molar-refractivity contribution in [1.82, 2.24) is 15.4 Å². The Hall–Kier alpha value is -2.94. The number of hydrogen-bond donors (Lipinski definition) is 3. The molecular weight excluding hydrogens is 290 g/mol. The summed E-state index contributed by atoms with van der Waals surface area (Å²) in [6.45, 7) is 1.88. The van der Waals surface area contributed by atoms with Crippen LogP contribution in [0.4, 0.5) is 16.2 Å². The molecule has 9 heteroatoms. The average Bonchev–Trinajstić information content (AvgIpc) is 3.02. The summed E-state index contributed by atoms with van der Waals surface area (Å²) < 4.78 is 0. The number of aromatic nitrogens is 2. The summed E-state index contributed by atoms with van der Waals surface area (Å²) in [7, 11) is 0. The van der Waals surface area contributed by atoms with Gasteiger partial charge in [0, 0.05) is 12.3 Å². The predicted molar refractivity (Wildman–Crippen MR) is 78.0 cm³/mol. The summed E-state index contributed by atoms with van der Waals surface area (Å²) in [4.78, 5) is 34.2. The molecule has 0 aliphatic heterocycles. The number of anilines is 1. The van der Waals surface area contributed by atoms with Crippen LogP contribution in [0.15, 0.2) is 36.8 Å². The van der Waals surface area contributed by atoms with Crippen LogP contribution >= 0.6 is 0 Å². The van der Waals surface area contributed by atoms with Crippen molar-refractivity contribution in [3.8, 4) is 0 Å². The Morgan fingerprint density at radius 2 is 2.27 bits per heavy atom. The second-order valence-corrected chi connectivity index (χ2v) is 4.34. The van der Waals surface area contributed by atoms with Gasteiger partial charge in [-0.2, -0.15) is 0 Å². The monoisotopic (exact) mass is 305 g/mol. The lowest BCUT2D eigenvalue weighted by atomic mass is 10.2. The molecule has 2 aromatic rings. The number of hydroxylamine groups is 1. The van der Waals surface area contributed by atoms with Crippen LogP contribution in [-0.2, 0) is 4.84 Å². The molecule has 1 aromatic carbocycles. The van der Waals surface area contributed by atoms with Crippen molar-refractivity contribution < 1.29 is 14.6 Å². The first-order chi connectivity index (χ1) is 10.6. The lowest BCUT2D eigenvalue weighted by Crippen LogP contribution is -2.30. The summed E-state index contributed by atoms with van der Waals surface area (Å²) in [5.41, 5.74) is 2.74. The number of nitro groups is 1.